The number of hydrogen-bond donors (Lipinski definition) is 1. The van der Waals surface area contributed by atoms with E-state index in [1.807, 2.05) is 6.92 Å². The SMILES string of the molecule is C[C@@H]1CNCCN1C(=O)CN(C)S(=O)(=O)c1cccnc1.Cl.Cl. The van der Waals surface area contributed by atoms with Crippen molar-refractivity contribution in [2.45, 2.75) is 17.9 Å². The highest BCUT2D eigenvalue weighted by Crippen LogP contribution is 2.13. The van der Waals surface area contributed by atoms with Crippen LogP contribution in [0.15, 0.2) is 29.4 Å². The molecule has 1 aliphatic heterocycles. The Morgan fingerprint density at radius 2 is 2.17 bits per heavy atom. The van der Waals surface area contributed by atoms with Crippen molar-refractivity contribution in [1.29, 1.82) is 0 Å². The van der Waals surface area contributed by atoms with Crippen LogP contribution < -0.4 is 5.32 Å². The van der Waals surface area contributed by atoms with Gasteiger partial charge in [0.1, 0.15) is 4.90 Å². The number of pyridine rings is 1. The number of sulfonamides is 1. The molecule has 7 nitrogen and oxygen atoms in total. The molecule has 1 saturated heterocycles. The number of nitrogens with zero attached hydrogens (tertiary/aromatic N) is 3. The van der Waals surface area contributed by atoms with Crippen molar-refractivity contribution in [2.75, 3.05) is 33.2 Å². The average molecular weight is 385 g/mol. The highest BCUT2D eigenvalue weighted by molar-refractivity contribution is 7.89. The van der Waals surface area contributed by atoms with Gasteiger partial charge in [-0.2, -0.15) is 4.31 Å². The average Bonchev–Trinajstić information content (AvgIpc) is 2.48. The third-order valence-electron chi connectivity index (χ3n) is 3.52. The number of likely N-dealkylation sites (N-methyl/N-ethyl adjacent to an activating group) is 1. The van der Waals surface area contributed by atoms with Crippen molar-refractivity contribution in [3.8, 4) is 0 Å². The Morgan fingerprint density at radius 3 is 2.74 bits per heavy atom. The van der Waals surface area contributed by atoms with Gasteiger partial charge in [-0.25, -0.2) is 8.42 Å². The Morgan fingerprint density at radius 1 is 1.48 bits per heavy atom. The second kappa shape index (κ2) is 9.39. The van der Waals surface area contributed by atoms with Crippen LogP contribution in [0.4, 0.5) is 0 Å². The predicted octanol–water partition coefficient (Wildman–Crippen LogP) is 0.366. The van der Waals surface area contributed by atoms with Crippen molar-refractivity contribution >= 4 is 40.7 Å². The van der Waals surface area contributed by atoms with E-state index in [1.165, 1.54) is 25.5 Å². The van der Waals surface area contributed by atoms with E-state index in [4.69, 9.17) is 0 Å². The lowest BCUT2D eigenvalue weighted by Gasteiger charge is -2.34. The van der Waals surface area contributed by atoms with E-state index in [9.17, 15) is 13.2 Å². The van der Waals surface area contributed by atoms with E-state index < -0.39 is 10.0 Å². The number of rotatable bonds is 4. The molecule has 1 aromatic rings. The monoisotopic (exact) mass is 384 g/mol. The summed E-state index contributed by atoms with van der Waals surface area (Å²) in [5.74, 6) is -0.182. The Labute approximate surface area is 149 Å². The molecule has 2 rings (SSSR count). The summed E-state index contributed by atoms with van der Waals surface area (Å²) in [6.07, 6.45) is 2.79. The van der Waals surface area contributed by atoms with E-state index in [-0.39, 0.29) is 48.2 Å². The van der Waals surface area contributed by atoms with Gasteiger partial charge in [0.25, 0.3) is 0 Å². The number of aromatic nitrogens is 1. The highest BCUT2D eigenvalue weighted by Gasteiger charge is 2.28. The van der Waals surface area contributed by atoms with Crippen molar-refractivity contribution in [3.63, 3.8) is 0 Å². The Kier molecular flexibility index (Phi) is 9.01. The van der Waals surface area contributed by atoms with Crippen LogP contribution in [-0.4, -0.2) is 67.8 Å². The van der Waals surface area contributed by atoms with Gasteiger partial charge in [-0.15, -0.1) is 24.8 Å². The van der Waals surface area contributed by atoms with Gasteiger partial charge in [0, 0.05) is 45.1 Å². The number of carbonyl (C=O) groups excluding carboxylic acids is 1. The second-order valence-corrected chi connectivity index (χ2v) is 7.13. The van der Waals surface area contributed by atoms with E-state index >= 15 is 0 Å². The molecule has 10 heteroatoms. The first-order valence-electron chi connectivity index (χ1n) is 6.79. The third kappa shape index (κ3) is 5.29. The minimum Gasteiger partial charge on any atom is -0.336 e. The molecule has 1 fully saturated rings. The van der Waals surface area contributed by atoms with Gasteiger partial charge >= 0.3 is 0 Å². The van der Waals surface area contributed by atoms with Crippen LogP contribution >= 0.6 is 24.8 Å². The topological polar surface area (TPSA) is 82.6 Å². The summed E-state index contributed by atoms with van der Waals surface area (Å²) in [5.41, 5.74) is 0. The van der Waals surface area contributed by atoms with E-state index in [2.05, 4.69) is 10.3 Å². The second-order valence-electron chi connectivity index (χ2n) is 5.09. The summed E-state index contributed by atoms with van der Waals surface area (Å²) in [6.45, 7) is 3.84. The van der Waals surface area contributed by atoms with E-state index in [1.54, 1.807) is 11.0 Å². The van der Waals surface area contributed by atoms with Crippen LogP contribution in [0, 0.1) is 0 Å². The summed E-state index contributed by atoms with van der Waals surface area (Å²) < 4.78 is 25.7. The van der Waals surface area contributed by atoms with Crippen molar-refractivity contribution < 1.29 is 13.2 Å². The Bertz CT molecular complexity index is 600. The zero-order valence-corrected chi connectivity index (χ0v) is 15.5. The molecule has 0 radical (unpaired) electrons. The highest BCUT2D eigenvalue weighted by atomic mass is 35.5. The number of nitrogens with one attached hydrogen (secondary N) is 1. The summed E-state index contributed by atoms with van der Waals surface area (Å²) in [7, 11) is -2.27. The van der Waals surface area contributed by atoms with Crippen LogP contribution in [0.2, 0.25) is 0 Å². The first-order chi connectivity index (χ1) is 9.93. The van der Waals surface area contributed by atoms with Gasteiger partial charge in [-0.1, -0.05) is 0 Å². The third-order valence-corrected chi connectivity index (χ3v) is 5.31. The lowest BCUT2D eigenvalue weighted by atomic mass is 10.2. The number of piperazine rings is 1. The molecule has 0 bridgehead atoms. The van der Waals surface area contributed by atoms with Crippen LogP contribution in [0.5, 0.6) is 0 Å². The summed E-state index contributed by atoms with van der Waals surface area (Å²) >= 11 is 0. The number of carbonyl (C=O) groups is 1. The van der Waals surface area contributed by atoms with Gasteiger partial charge in [0.05, 0.1) is 6.54 Å². The number of halogens is 2. The van der Waals surface area contributed by atoms with E-state index in [0.717, 1.165) is 17.4 Å². The van der Waals surface area contributed by atoms with Gasteiger partial charge in [-0.05, 0) is 19.1 Å². The molecule has 1 N–H and O–H groups in total. The van der Waals surface area contributed by atoms with Crippen LogP contribution in [0.1, 0.15) is 6.92 Å². The van der Waals surface area contributed by atoms with Gasteiger partial charge in [0.15, 0.2) is 0 Å². The maximum Gasteiger partial charge on any atom is 0.244 e. The molecular formula is C13H22Cl2N4O3S. The molecule has 0 aliphatic carbocycles. The van der Waals surface area contributed by atoms with Gasteiger partial charge in [-0.3, -0.25) is 9.78 Å². The van der Waals surface area contributed by atoms with Crippen molar-refractivity contribution in [2.24, 2.45) is 0 Å². The van der Waals surface area contributed by atoms with Crippen LogP contribution in [0.25, 0.3) is 0 Å². The predicted molar refractivity (Wildman–Crippen MR) is 92.6 cm³/mol. The summed E-state index contributed by atoms with van der Waals surface area (Å²) in [4.78, 5) is 17.9. The molecule has 1 aromatic heterocycles. The Balaban J connectivity index is 0.00000242. The van der Waals surface area contributed by atoms with Crippen molar-refractivity contribution in [1.82, 2.24) is 19.5 Å². The number of hydrogen-bond acceptors (Lipinski definition) is 5. The Hall–Kier alpha value is -0.930. The molecule has 23 heavy (non-hydrogen) atoms. The molecule has 1 aliphatic rings. The largest absolute Gasteiger partial charge is 0.336 e. The lowest BCUT2D eigenvalue weighted by molar-refractivity contribution is -0.133. The fourth-order valence-electron chi connectivity index (χ4n) is 2.26. The first kappa shape index (κ1) is 22.1. The molecule has 1 atom stereocenters. The van der Waals surface area contributed by atoms with E-state index in [0.29, 0.717) is 6.54 Å². The normalized spacial score (nSPS) is 18.0. The fraction of sp³-hybridized carbons (Fsp3) is 0.538. The minimum absolute atomic E-state index is 0. The van der Waals surface area contributed by atoms with Gasteiger partial charge < -0.3 is 10.2 Å². The zero-order chi connectivity index (χ0) is 15.5. The first-order valence-corrected chi connectivity index (χ1v) is 8.23. The molecule has 0 aromatic carbocycles. The standard InChI is InChI=1S/C13H20N4O3S.2ClH/c1-11-8-15-6-7-17(11)13(18)10-16(2)21(19,20)12-4-3-5-14-9-12;;/h3-5,9,11,15H,6-8,10H2,1-2H3;2*1H/t11-;;/m1../s1. The van der Waals surface area contributed by atoms with Crippen LogP contribution in [0.3, 0.4) is 0 Å². The van der Waals surface area contributed by atoms with Crippen LogP contribution in [-0.2, 0) is 14.8 Å². The zero-order valence-electron chi connectivity index (χ0n) is 13.0. The molecular weight excluding hydrogens is 363 g/mol. The van der Waals surface area contributed by atoms with Gasteiger partial charge in [0.2, 0.25) is 15.9 Å². The molecule has 0 unspecified atom stereocenters. The minimum atomic E-state index is -3.68. The maximum atomic E-state index is 12.3. The number of amides is 1. The quantitative estimate of drug-likeness (QED) is 0.810. The smallest absolute Gasteiger partial charge is 0.244 e. The molecule has 0 saturated carbocycles. The lowest BCUT2D eigenvalue weighted by Crippen LogP contribution is -2.54. The van der Waals surface area contributed by atoms with Crippen molar-refractivity contribution in [3.05, 3.63) is 24.5 Å². The maximum absolute atomic E-state index is 12.3. The molecule has 0 spiro atoms. The summed E-state index contributed by atoms with van der Waals surface area (Å²) in [5, 5.41) is 3.19. The fourth-order valence-corrected chi connectivity index (χ4v) is 3.34. The molecule has 2 heterocycles. The molecule has 132 valence electrons. The molecule has 1 amide bonds. The summed E-state index contributed by atoms with van der Waals surface area (Å²) in [6, 6.07) is 3.10.